The lowest BCUT2D eigenvalue weighted by Crippen LogP contribution is -2.30. The number of aliphatic hydroxyl groups excluding tert-OH is 3. The zero-order valence-corrected chi connectivity index (χ0v) is 30.3. The Balaban J connectivity index is 4.63. The van der Waals surface area contributed by atoms with Crippen LogP contribution in [-0.4, -0.2) is 70.9 Å². The molecule has 3 N–H and O–H groups in total. The van der Waals surface area contributed by atoms with Crippen LogP contribution in [0.3, 0.4) is 0 Å². The number of esters is 3. The zero-order chi connectivity index (χ0) is 35.7. The third kappa shape index (κ3) is 30.8. The summed E-state index contributed by atoms with van der Waals surface area (Å²) in [6, 6.07) is 0. The summed E-state index contributed by atoms with van der Waals surface area (Å²) in [5, 5.41) is 28.9. The molecule has 0 aliphatic rings. The van der Waals surface area contributed by atoms with Crippen LogP contribution in [-0.2, 0) is 28.6 Å². The standard InChI is InChI=1S/C39H68O9/c1-4-33(40)25-19-13-7-10-16-22-28-37(43)46-31-36(48-39(45)30-24-18-12-9-15-21-27-35(42)6-3)32-47-38(44)29-23-17-11-8-14-20-26-34(41)5-2/h22-24,28-30,33-36,40-42H,4-21,25-27,31-32H2,1-3H3/b28-22+,29-23+,30-24+. The Morgan fingerprint density at radius 2 is 0.792 bits per heavy atom. The lowest BCUT2D eigenvalue weighted by molar-refractivity contribution is -0.160. The summed E-state index contributed by atoms with van der Waals surface area (Å²) >= 11 is 0. The first-order valence-corrected chi connectivity index (χ1v) is 18.8. The highest BCUT2D eigenvalue weighted by molar-refractivity contribution is 5.83. The van der Waals surface area contributed by atoms with Gasteiger partial charge >= 0.3 is 17.9 Å². The van der Waals surface area contributed by atoms with E-state index in [4.69, 9.17) is 14.2 Å². The maximum absolute atomic E-state index is 12.5. The molecule has 3 unspecified atom stereocenters. The van der Waals surface area contributed by atoms with Crippen LogP contribution in [0.2, 0.25) is 0 Å². The van der Waals surface area contributed by atoms with Crippen molar-refractivity contribution in [2.45, 2.75) is 180 Å². The second kappa shape index (κ2) is 33.0. The van der Waals surface area contributed by atoms with E-state index in [2.05, 4.69) is 0 Å². The monoisotopic (exact) mass is 680 g/mol. The quantitative estimate of drug-likeness (QED) is 0.0279. The molecule has 0 aromatic rings. The summed E-state index contributed by atoms with van der Waals surface area (Å²) in [5.41, 5.74) is 0. The van der Waals surface area contributed by atoms with Crippen LogP contribution in [0, 0.1) is 0 Å². The molecule has 48 heavy (non-hydrogen) atoms. The Labute approximate surface area is 291 Å². The molecule has 0 saturated carbocycles. The molecule has 0 amide bonds. The minimum Gasteiger partial charge on any atom is -0.458 e. The van der Waals surface area contributed by atoms with Crippen molar-refractivity contribution in [3.63, 3.8) is 0 Å². The molecule has 9 nitrogen and oxygen atoms in total. The van der Waals surface area contributed by atoms with Gasteiger partial charge in [-0.05, 0) is 77.0 Å². The third-order valence-electron chi connectivity index (χ3n) is 8.26. The number of allylic oxidation sites excluding steroid dienone is 3. The Hall–Kier alpha value is -2.49. The molecule has 0 saturated heterocycles. The first kappa shape index (κ1) is 45.5. The number of unbranched alkanes of at least 4 members (excludes halogenated alkanes) is 12. The van der Waals surface area contributed by atoms with E-state index >= 15 is 0 Å². The molecule has 0 bridgehead atoms. The first-order chi connectivity index (χ1) is 23.2. The van der Waals surface area contributed by atoms with E-state index in [0.717, 1.165) is 135 Å². The Morgan fingerprint density at radius 3 is 1.12 bits per heavy atom. The van der Waals surface area contributed by atoms with Crippen molar-refractivity contribution in [2.24, 2.45) is 0 Å². The topological polar surface area (TPSA) is 140 Å². The molecule has 278 valence electrons. The van der Waals surface area contributed by atoms with Crippen LogP contribution >= 0.6 is 0 Å². The number of rotatable bonds is 32. The van der Waals surface area contributed by atoms with Gasteiger partial charge in [-0.2, -0.15) is 0 Å². The molecule has 0 rings (SSSR count). The highest BCUT2D eigenvalue weighted by atomic mass is 16.6. The van der Waals surface area contributed by atoms with Crippen molar-refractivity contribution >= 4 is 17.9 Å². The molecule has 0 aliphatic carbocycles. The lowest BCUT2D eigenvalue weighted by atomic mass is 10.1. The minimum absolute atomic E-state index is 0.219. The summed E-state index contributed by atoms with van der Waals surface area (Å²) in [5.74, 6) is -1.71. The highest BCUT2D eigenvalue weighted by Gasteiger charge is 2.17. The van der Waals surface area contributed by atoms with E-state index in [1.165, 1.54) is 18.2 Å². The second-order valence-corrected chi connectivity index (χ2v) is 12.7. The van der Waals surface area contributed by atoms with Crippen molar-refractivity contribution in [3.8, 4) is 0 Å². The smallest absolute Gasteiger partial charge is 0.330 e. The molecular weight excluding hydrogens is 612 g/mol. The van der Waals surface area contributed by atoms with Gasteiger partial charge in [-0.1, -0.05) is 96.8 Å². The lowest BCUT2D eigenvalue weighted by Gasteiger charge is -2.16. The average molecular weight is 681 g/mol. The highest BCUT2D eigenvalue weighted by Crippen LogP contribution is 2.12. The van der Waals surface area contributed by atoms with Crippen molar-refractivity contribution in [3.05, 3.63) is 36.5 Å². The summed E-state index contributed by atoms with van der Waals surface area (Å²) in [7, 11) is 0. The summed E-state index contributed by atoms with van der Waals surface area (Å²) < 4.78 is 16.0. The normalized spacial score (nSPS) is 14.4. The molecule has 0 aliphatic heterocycles. The van der Waals surface area contributed by atoms with E-state index in [-0.39, 0.29) is 31.5 Å². The molecule has 9 heteroatoms. The number of carbonyl (C=O) groups excluding carboxylic acids is 3. The number of ether oxygens (including phenoxy) is 3. The van der Waals surface area contributed by atoms with Gasteiger partial charge in [-0.3, -0.25) is 0 Å². The predicted octanol–water partition coefficient (Wildman–Crippen LogP) is 7.99. The van der Waals surface area contributed by atoms with Crippen molar-refractivity contribution < 1.29 is 43.9 Å². The number of hydrogen-bond acceptors (Lipinski definition) is 9. The molecule has 0 heterocycles. The molecule has 0 aromatic heterocycles. The van der Waals surface area contributed by atoms with Gasteiger partial charge in [0.05, 0.1) is 18.3 Å². The van der Waals surface area contributed by atoms with Gasteiger partial charge in [0, 0.05) is 18.2 Å². The van der Waals surface area contributed by atoms with Crippen LogP contribution in [0.25, 0.3) is 0 Å². The van der Waals surface area contributed by atoms with Gasteiger partial charge in [0.2, 0.25) is 0 Å². The Kier molecular flexibility index (Phi) is 31.3. The van der Waals surface area contributed by atoms with E-state index in [0.29, 0.717) is 0 Å². The number of hydrogen-bond donors (Lipinski definition) is 3. The van der Waals surface area contributed by atoms with Crippen molar-refractivity contribution in [2.75, 3.05) is 13.2 Å². The van der Waals surface area contributed by atoms with Crippen LogP contribution in [0.1, 0.15) is 156 Å². The molecule has 0 spiro atoms. The van der Waals surface area contributed by atoms with Crippen LogP contribution in [0.4, 0.5) is 0 Å². The Bertz CT molecular complexity index is 835. The van der Waals surface area contributed by atoms with E-state index in [9.17, 15) is 29.7 Å². The van der Waals surface area contributed by atoms with Crippen molar-refractivity contribution in [1.29, 1.82) is 0 Å². The fraction of sp³-hybridized carbons (Fsp3) is 0.769. The van der Waals surface area contributed by atoms with Crippen molar-refractivity contribution in [1.82, 2.24) is 0 Å². The predicted molar refractivity (Wildman–Crippen MR) is 191 cm³/mol. The molecular formula is C39H68O9. The summed E-state index contributed by atoms with van der Waals surface area (Å²) in [6.45, 7) is 5.45. The van der Waals surface area contributed by atoms with Crippen LogP contribution < -0.4 is 0 Å². The zero-order valence-electron chi connectivity index (χ0n) is 30.3. The van der Waals surface area contributed by atoms with E-state index < -0.39 is 24.0 Å². The Morgan fingerprint density at radius 1 is 0.479 bits per heavy atom. The fourth-order valence-corrected chi connectivity index (χ4v) is 4.90. The van der Waals surface area contributed by atoms with Gasteiger partial charge in [0.25, 0.3) is 0 Å². The van der Waals surface area contributed by atoms with Gasteiger partial charge < -0.3 is 29.5 Å². The van der Waals surface area contributed by atoms with Gasteiger partial charge in [0.1, 0.15) is 13.2 Å². The van der Waals surface area contributed by atoms with Crippen LogP contribution in [0.5, 0.6) is 0 Å². The van der Waals surface area contributed by atoms with Crippen LogP contribution in [0.15, 0.2) is 36.5 Å². The summed E-state index contributed by atoms with van der Waals surface area (Å²) in [4.78, 5) is 37.0. The number of aliphatic hydroxyl groups is 3. The van der Waals surface area contributed by atoms with E-state index in [1.54, 1.807) is 18.2 Å². The summed E-state index contributed by atoms with van der Waals surface area (Å²) in [6.07, 6.45) is 26.7. The van der Waals surface area contributed by atoms with Gasteiger partial charge in [-0.25, -0.2) is 14.4 Å². The third-order valence-corrected chi connectivity index (χ3v) is 8.26. The minimum atomic E-state index is -0.946. The average Bonchev–Trinajstić information content (AvgIpc) is 3.08. The largest absolute Gasteiger partial charge is 0.458 e. The maximum Gasteiger partial charge on any atom is 0.330 e. The maximum atomic E-state index is 12.5. The number of carbonyl (C=O) groups is 3. The molecule has 3 atom stereocenters. The molecule has 0 fully saturated rings. The fourth-order valence-electron chi connectivity index (χ4n) is 4.90. The molecule has 0 aromatic carbocycles. The van der Waals surface area contributed by atoms with Gasteiger partial charge in [0.15, 0.2) is 6.10 Å². The molecule has 0 radical (unpaired) electrons. The second-order valence-electron chi connectivity index (χ2n) is 12.7. The van der Waals surface area contributed by atoms with Gasteiger partial charge in [-0.15, -0.1) is 0 Å². The van der Waals surface area contributed by atoms with E-state index in [1.807, 2.05) is 20.8 Å². The first-order valence-electron chi connectivity index (χ1n) is 18.8. The SMILES string of the molecule is CCC(O)CCCCCC/C=C/C(=O)OCC(COC(=O)/C=C/CCCCCCC(O)CC)OC(=O)/C=C/CCCCCCC(O)CC.